The van der Waals surface area contributed by atoms with Gasteiger partial charge in [0.05, 0.1) is 11.8 Å². The van der Waals surface area contributed by atoms with E-state index in [0.717, 1.165) is 24.1 Å². The first-order valence-corrected chi connectivity index (χ1v) is 5.83. The Balaban J connectivity index is 2.09. The van der Waals surface area contributed by atoms with E-state index in [0.29, 0.717) is 17.5 Å². The van der Waals surface area contributed by atoms with E-state index in [1.165, 1.54) is 6.42 Å². The summed E-state index contributed by atoms with van der Waals surface area (Å²) < 4.78 is 1.67. The molecule has 3 nitrogen and oxygen atoms in total. The number of aromatic nitrogens is 2. The minimum absolute atomic E-state index is 0.251. The molecule has 1 aromatic rings. The van der Waals surface area contributed by atoms with Crippen molar-refractivity contribution >= 4 is 11.6 Å². The molecule has 84 valence electrons. The second kappa shape index (κ2) is 4.14. The van der Waals surface area contributed by atoms with E-state index in [9.17, 15) is 5.11 Å². The second-order valence-electron chi connectivity index (χ2n) is 4.44. The topological polar surface area (TPSA) is 38.0 Å². The zero-order valence-corrected chi connectivity index (χ0v) is 9.96. The van der Waals surface area contributed by atoms with Crippen molar-refractivity contribution in [2.24, 2.45) is 13.0 Å². The van der Waals surface area contributed by atoms with E-state index in [-0.39, 0.29) is 6.10 Å². The number of hydrogen-bond acceptors (Lipinski definition) is 2. The summed E-state index contributed by atoms with van der Waals surface area (Å²) in [5.74, 6) is 0.473. The van der Waals surface area contributed by atoms with Crippen LogP contribution in [0, 0.1) is 12.8 Å². The highest BCUT2D eigenvalue weighted by atomic mass is 35.5. The van der Waals surface area contributed by atoms with Crippen molar-refractivity contribution in [2.75, 3.05) is 0 Å². The molecule has 1 fully saturated rings. The summed E-state index contributed by atoms with van der Waals surface area (Å²) >= 11 is 6.11. The number of nitrogens with zero attached hydrogens (tertiary/aromatic N) is 2. The highest BCUT2D eigenvalue weighted by Gasteiger charge is 2.27. The minimum Gasteiger partial charge on any atom is -0.392 e. The molecule has 1 aliphatic rings. The first-order valence-electron chi connectivity index (χ1n) is 5.45. The molecule has 1 unspecified atom stereocenters. The number of hydrogen-bond donors (Lipinski definition) is 1. The lowest BCUT2D eigenvalue weighted by Crippen LogP contribution is -2.28. The van der Waals surface area contributed by atoms with Gasteiger partial charge in [0.25, 0.3) is 0 Å². The third-order valence-corrected chi connectivity index (χ3v) is 3.85. The van der Waals surface area contributed by atoms with E-state index < -0.39 is 0 Å². The Morgan fingerprint density at radius 2 is 2.27 bits per heavy atom. The highest BCUT2D eigenvalue weighted by molar-refractivity contribution is 6.30. The van der Waals surface area contributed by atoms with Gasteiger partial charge in [-0.05, 0) is 25.7 Å². The molecule has 1 aromatic heterocycles. The maximum atomic E-state index is 9.98. The summed E-state index contributed by atoms with van der Waals surface area (Å²) in [5.41, 5.74) is 1.93. The molecule has 15 heavy (non-hydrogen) atoms. The summed E-state index contributed by atoms with van der Waals surface area (Å²) in [6, 6.07) is 0. The fourth-order valence-electron chi connectivity index (χ4n) is 2.11. The zero-order chi connectivity index (χ0) is 11.0. The van der Waals surface area contributed by atoms with Gasteiger partial charge in [-0.2, -0.15) is 5.10 Å². The average Bonchev–Trinajstić information content (AvgIpc) is 2.29. The van der Waals surface area contributed by atoms with Crippen LogP contribution in [0.2, 0.25) is 5.15 Å². The molecular formula is C11H17ClN2O. The van der Waals surface area contributed by atoms with Gasteiger partial charge >= 0.3 is 0 Å². The standard InChI is InChI=1S/C11H17ClN2O/c1-7-9(11(12)14(2)13-7)6-10(15)8-4-3-5-8/h8,10,15H,3-6H2,1-2H3. The van der Waals surface area contributed by atoms with Crippen molar-refractivity contribution < 1.29 is 5.11 Å². The number of halogens is 1. The molecule has 0 saturated heterocycles. The van der Waals surface area contributed by atoms with Crippen LogP contribution < -0.4 is 0 Å². The van der Waals surface area contributed by atoms with E-state index in [2.05, 4.69) is 5.10 Å². The third-order valence-electron chi connectivity index (χ3n) is 3.38. The lowest BCUT2D eigenvalue weighted by molar-refractivity contribution is 0.0629. The molecule has 1 atom stereocenters. The quantitative estimate of drug-likeness (QED) is 0.861. The van der Waals surface area contributed by atoms with Crippen LogP contribution in [-0.4, -0.2) is 21.0 Å². The fourth-order valence-corrected chi connectivity index (χ4v) is 2.36. The maximum Gasteiger partial charge on any atom is 0.130 e. The Kier molecular flexibility index (Phi) is 3.03. The Bertz CT molecular complexity index is 358. The van der Waals surface area contributed by atoms with Gasteiger partial charge in [-0.25, -0.2) is 0 Å². The van der Waals surface area contributed by atoms with E-state index in [1.54, 1.807) is 4.68 Å². The van der Waals surface area contributed by atoms with Gasteiger partial charge in [0.2, 0.25) is 0 Å². The van der Waals surface area contributed by atoms with Crippen LogP contribution in [0.3, 0.4) is 0 Å². The molecule has 0 aromatic carbocycles. The second-order valence-corrected chi connectivity index (χ2v) is 4.80. The lowest BCUT2D eigenvalue weighted by Gasteiger charge is -2.30. The molecular weight excluding hydrogens is 212 g/mol. The summed E-state index contributed by atoms with van der Waals surface area (Å²) in [6.07, 6.45) is 3.94. The van der Waals surface area contributed by atoms with Crippen molar-refractivity contribution in [3.63, 3.8) is 0 Å². The van der Waals surface area contributed by atoms with Crippen molar-refractivity contribution in [1.82, 2.24) is 9.78 Å². The van der Waals surface area contributed by atoms with E-state index >= 15 is 0 Å². The predicted octanol–water partition coefficient (Wildman–Crippen LogP) is 2.09. The Labute approximate surface area is 95.0 Å². The van der Waals surface area contributed by atoms with Gasteiger partial charge in [0, 0.05) is 19.0 Å². The Morgan fingerprint density at radius 3 is 2.67 bits per heavy atom. The molecule has 1 aliphatic carbocycles. The molecule has 0 bridgehead atoms. The van der Waals surface area contributed by atoms with Crippen molar-refractivity contribution in [3.8, 4) is 0 Å². The number of aliphatic hydroxyl groups excluding tert-OH is 1. The van der Waals surface area contributed by atoms with Gasteiger partial charge in [-0.15, -0.1) is 0 Å². The maximum absolute atomic E-state index is 9.98. The molecule has 1 heterocycles. The summed E-state index contributed by atoms with van der Waals surface area (Å²) in [4.78, 5) is 0. The molecule has 0 radical (unpaired) electrons. The monoisotopic (exact) mass is 228 g/mol. The fraction of sp³-hybridized carbons (Fsp3) is 0.727. The van der Waals surface area contributed by atoms with Crippen LogP contribution in [0.15, 0.2) is 0 Å². The van der Waals surface area contributed by atoms with Gasteiger partial charge in [0.1, 0.15) is 5.15 Å². The molecule has 0 amide bonds. The van der Waals surface area contributed by atoms with Crippen LogP contribution in [0.4, 0.5) is 0 Å². The number of rotatable bonds is 3. The molecule has 2 rings (SSSR count). The van der Waals surface area contributed by atoms with Crippen molar-refractivity contribution in [1.29, 1.82) is 0 Å². The number of aliphatic hydroxyl groups is 1. The third kappa shape index (κ3) is 2.04. The smallest absolute Gasteiger partial charge is 0.130 e. The lowest BCUT2D eigenvalue weighted by atomic mass is 9.79. The normalized spacial score (nSPS) is 18.9. The van der Waals surface area contributed by atoms with Crippen LogP contribution in [0.1, 0.15) is 30.5 Å². The summed E-state index contributed by atoms with van der Waals surface area (Å²) in [5, 5.41) is 14.9. The average molecular weight is 229 g/mol. The van der Waals surface area contributed by atoms with E-state index in [4.69, 9.17) is 11.6 Å². The summed E-state index contributed by atoms with van der Waals surface area (Å²) in [6.45, 7) is 1.94. The molecule has 1 N–H and O–H groups in total. The molecule has 0 spiro atoms. The van der Waals surface area contributed by atoms with Gasteiger partial charge in [0.15, 0.2) is 0 Å². The van der Waals surface area contributed by atoms with Crippen molar-refractivity contribution in [2.45, 2.75) is 38.7 Å². The van der Waals surface area contributed by atoms with Crippen LogP contribution in [-0.2, 0) is 13.5 Å². The minimum atomic E-state index is -0.251. The van der Waals surface area contributed by atoms with Crippen molar-refractivity contribution in [3.05, 3.63) is 16.4 Å². The zero-order valence-electron chi connectivity index (χ0n) is 9.20. The summed E-state index contributed by atoms with van der Waals surface area (Å²) in [7, 11) is 1.83. The predicted molar refractivity (Wildman–Crippen MR) is 60.0 cm³/mol. The SMILES string of the molecule is Cc1nn(C)c(Cl)c1CC(O)C1CCC1. The van der Waals surface area contributed by atoms with Gasteiger partial charge < -0.3 is 5.11 Å². The van der Waals surface area contributed by atoms with Gasteiger partial charge in [-0.1, -0.05) is 18.0 Å². The van der Waals surface area contributed by atoms with Crippen LogP contribution in [0.25, 0.3) is 0 Å². The van der Waals surface area contributed by atoms with Gasteiger partial charge in [-0.3, -0.25) is 4.68 Å². The molecule has 1 saturated carbocycles. The first-order chi connectivity index (χ1) is 7.09. The molecule has 4 heteroatoms. The van der Waals surface area contributed by atoms with Crippen LogP contribution in [0.5, 0.6) is 0 Å². The number of aryl methyl sites for hydroxylation is 2. The molecule has 0 aliphatic heterocycles. The van der Waals surface area contributed by atoms with E-state index in [1.807, 2.05) is 14.0 Å². The Morgan fingerprint density at radius 1 is 1.60 bits per heavy atom. The largest absolute Gasteiger partial charge is 0.392 e. The highest BCUT2D eigenvalue weighted by Crippen LogP contribution is 2.32. The Hall–Kier alpha value is -0.540. The van der Waals surface area contributed by atoms with Crippen LogP contribution >= 0.6 is 11.6 Å². The first kappa shape index (κ1) is 11.0.